The van der Waals surface area contributed by atoms with Gasteiger partial charge in [0.25, 0.3) is 0 Å². The van der Waals surface area contributed by atoms with Gasteiger partial charge in [0.05, 0.1) is 0 Å². The van der Waals surface area contributed by atoms with Gasteiger partial charge in [0.15, 0.2) is 0 Å². The van der Waals surface area contributed by atoms with Crippen molar-refractivity contribution in [2.75, 3.05) is 5.32 Å². The highest BCUT2D eigenvalue weighted by Gasteiger charge is 2.22. The largest absolute Gasteiger partial charge is 0.487 e. The number of sulfonamides is 1. The van der Waals surface area contributed by atoms with Crippen molar-refractivity contribution in [3.8, 4) is 5.75 Å². The first-order valence-electron chi connectivity index (χ1n) is 9.90. The third-order valence-electron chi connectivity index (χ3n) is 5.38. The van der Waals surface area contributed by atoms with Gasteiger partial charge >= 0.3 is 0 Å². The highest BCUT2D eigenvalue weighted by Crippen LogP contribution is 2.30. The third-order valence-corrected chi connectivity index (χ3v) is 6.33. The molecule has 0 bridgehead atoms. The van der Waals surface area contributed by atoms with Crippen LogP contribution in [0.4, 0.5) is 5.69 Å². The number of ether oxygens (including phenoxy) is 1. The van der Waals surface area contributed by atoms with Crippen molar-refractivity contribution < 1.29 is 17.9 Å². The maximum absolute atomic E-state index is 12.5. The number of rotatable bonds is 6. The first-order chi connectivity index (χ1) is 13.7. The minimum Gasteiger partial charge on any atom is -0.487 e. The van der Waals surface area contributed by atoms with E-state index in [0.717, 1.165) is 42.4 Å². The normalized spacial score (nSPS) is 15.1. The smallest absolute Gasteiger partial charge is 0.241 e. The van der Waals surface area contributed by atoms with Gasteiger partial charge in [-0.1, -0.05) is 43.0 Å². The van der Waals surface area contributed by atoms with Gasteiger partial charge < -0.3 is 10.1 Å². The number of carbonyl (C=O) groups excluding carboxylic acids is 1. The van der Waals surface area contributed by atoms with Crippen molar-refractivity contribution in [1.29, 1.82) is 0 Å². The van der Waals surface area contributed by atoms with E-state index in [1.54, 1.807) is 6.07 Å². The zero-order valence-electron chi connectivity index (χ0n) is 16.9. The van der Waals surface area contributed by atoms with Crippen LogP contribution in [-0.2, 0) is 21.4 Å². The van der Waals surface area contributed by atoms with Crippen LogP contribution in [0, 0.1) is 19.8 Å². The second-order valence-electron chi connectivity index (χ2n) is 7.75. The fourth-order valence-corrected chi connectivity index (χ4v) is 4.31. The minimum absolute atomic E-state index is 0.000907. The van der Waals surface area contributed by atoms with Crippen LogP contribution in [-0.4, -0.2) is 14.3 Å². The van der Waals surface area contributed by atoms with Gasteiger partial charge in [0, 0.05) is 17.7 Å². The number of carbonyl (C=O) groups is 1. The molecule has 1 amide bonds. The summed E-state index contributed by atoms with van der Waals surface area (Å²) in [5, 5.41) is 8.25. The lowest BCUT2D eigenvalue weighted by atomic mass is 9.88. The minimum atomic E-state index is -3.96. The van der Waals surface area contributed by atoms with Crippen molar-refractivity contribution in [1.82, 2.24) is 0 Å². The van der Waals surface area contributed by atoms with Crippen LogP contribution >= 0.6 is 0 Å². The summed E-state index contributed by atoms with van der Waals surface area (Å²) >= 11 is 0. The summed E-state index contributed by atoms with van der Waals surface area (Å²) in [6, 6.07) is 10.5. The molecule has 1 saturated carbocycles. The number of benzene rings is 2. The topological polar surface area (TPSA) is 98.5 Å². The monoisotopic (exact) mass is 416 g/mol. The SMILES string of the molecule is Cc1ccc(C)c(COc2cc(NC(=O)C3CCCCC3)ccc2S(N)(=O)=O)c1. The molecule has 3 rings (SSSR count). The molecule has 1 aliphatic carbocycles. The first-order valence-corrected chi connectivity index (χ1v) is 11.5. The van der Waals surface area contributed by atoms with E-state index in [2.05, 4.69) is 5.32 Å². The molecule has 29 heavy (non-hydrogen) atoms. The summed E-state index contributed by atoms with van der Waals surface area (Å²) in [7, 11) is -3.96. The van der Waals surface area contributed by atoms with E-state index in [4.69, 9.17) is 9.88 Å². The highest BCUT2D eigenvalue weighted by molar-refractivity contribution is 7.89. The molecule has 0 atom stereocenters. The van der Waals surface area contributed by atoms with Crippen molar-refractivity contribution in [2.24, 2.45) is 11.1 Å². The Morgan fingerprint density at radius 2 is 1.83 bits per heavy atom. The Morgan fingerprint density at radius 3 is 2.52 bits per heavy atom. The molecule has 0 unspecified atom stereocenters. The maximum atomic E-state index is 12.5. The van der Waals surface area contributed by atoms with Crippen LogP contribution in [0.25, 0.3) is 0 Å². The fourth-order valence-electron chi connectivity index (χ4n) is 3.65. The number of hydrogen-bond acceptors (Lipinski definition) is 4. The zero-order valence-corrected chi connectivity index (χ0v) is 17.7. The molecule has 0 heterocycles. The first kappa shape index (κ1) is 21.3. The summed E-state index contributed by atoms with van der Waals surface area (Å²) in [5.41, 5.74) is 3.61. The number of amides is 1. The summed E-state index contributed by atoms with van der Waals surface area (Å²) in [6.45, 7) is 4.16. The number of aryl methyl sites for hydroxylation is 2. The Morgan fingerprint density at radius 1 is 1.10 bits per heavy atom. The molecular formula is C22H28N2O4S. The van der Waals surface area contributed by atoms with Gasteiger partial charge in [-0.2, -0.15) is 0 Å². The van der Waals surface area contributed by atoms with E-state index in [0.29, 0.717) is 5.69 Å². The maximum Gasteiger partial charge on any atom is 0.241 e. The number of nitrogens with two attached hydrogens (primary N) is 1. The van der Waals surface area contributed by atoms with Gasteiger partial charge in [0.2, 0.25) is 15.9 Å². The molecule has 7 heteroatoms. The molecule has 6 nitrogen and oxygen atoms in total. The quantitative estimate of drug-likeness (QED) is 0.742. The second kappa shape index (κ2) is 8.97. The Balaban J connectivity index is 1.82. The molecule has 3 N–H and O–H groups in total. The number of nitrogens with one attached hydrogen (secondary N) is 1. The van der Waals surface area contributed by atoms with E-state index in [9.17, 15) is 13.2 Å². The Bertz CT molecular complexity index is 996. The molecule has 156 valence electrons. The van der Waals surface area contributed by atoms with Gasteiger partial charge in [-0.15, -0.1) is 0 Å². The molecular weight excluding hydrogens is 388 g/mol. The molecule has 1 fully saturated rings. The van der Waals surface area contributed by atoms with Gasteiger partial charge in [-0.25, -0.2) is 13.6 Å². The molecule has 2 aromatic carbocycles. The van der Waals surface area contributed by atoms with Crippen molar-refractivity contribution in [3.05, 3.63) is 53.1 Å². The predicted octanol–water partition coefficient (Wildman–Crippen LogP) is 4.05. The Kier molecular flexibility index (Phi) is 6.59. The molecule has 0 saturated heterocycles. The van der Waals surface area contributed by atoms with E-state index in [1.807, 2.05) is 32.0 Å². The Hall–Kier alpha value is -2.38. The van der Waals surface area contributed by atoms with E-state index in [1.165, 1.54) is 18.6 Å². The molecule has 0 radical (unpaired) electrons. The van der Waals surface area contributed by atoms with Gasteiger partial charge in [0.1, 0.15) is 17.3 Å². The van der Waals surface area contributed by atoms with Crippen LogP contribution in [0.5, 0.6) is 5.75 Å². The summed E-state index contributed by atoms with van der Waals surface area (Å²) < 4.78 is 29.8. The van der Waals surface area contributed by atoms with Crippen LogP contribution in [0.3, 0.4) is 0 Å². The van der Waals surface area contributed by atoms with Gasteiger partial charge in [-0.3, -0.25) is 4.79 Å². The van der Waals surface area contributed by atoms with Crippen LogP contribution < -0.4 is 15.2 Å². The summed E-state index contributed by atoms with van der Waals surface area (Å²) in [5.74, 6) is 0.101. The van der Waals surface area contributed by atoms with E-state index >= 15 is 0 Å². The molecule has 0 spiro atoms. The third kappa shape index (κ3) is 5.58. The van der Waals surface area contributed by atoms with Crippen LogP contribution in [0.15, 0.2) is 41.3 Å². The number of hydrogen-bond donors (Lipinski definition) is 2. The molecule has 1 aliphatic rings. The lowest BCUT2D eigenvalue weighted by molar-refractivity contribution is -0.120. The van der Waals surface area contributed by atoms with E-state index < -0.39 is 10.0 Å². The molecule has 2 aromatic rings. The Labute approximate surface area is 172 Å². The molecule has 0 aromatic heterocycles. The van der Waals surface area contributed by atoms with Crippen molar-refractivity contribution in [3.63, 3.8) is 0 Å². The average Bonchev–Trinajstić information content (AvgIpc) is 2.68. The lowest BCUT2D eigenvalue weighted by Crippen LogP contribution is -2.24. The second-order valence-corrected chi connectivity index (χ2v) is 9.28. The summed E-state index contributed by atoms with van der Waals surface area (Å²) in [6.07, 6.45) is 5.07. The number of anilines is 1. The average molecular weight is 417 g/mol. The van der Waals surface area contributed by atoms with Crippen LogP contribution in [0.2, 0.25) is 0 Å². The lowest BCUT2D eigenvalue weighted by Gasteiger charge is -2.21. The zero-order chi connectivity index (χ0) is 21.0. The van der Waals surface area contributed by atoms with Gasteiger partial charge in [-0.05, 0) is 49.9 Å². The van der Waals surface area contributed by atoms with Crippen molar-refractivity contribution >= 4 is 21.6 Å². The summed E-state index contributed by atoms with van der Waals surface area (Å²) in [4.78, 5) is 12.4. The molecule has 0 aliphatic heterocycles. The highest BCUT2D eigenvalue weighted by atomic mass is 32.2. The predicted molar refractivity (Wildman–Crippen MR) is 113 cm³/mol. The standard InChI is InChI=1S/C22H28N2O4S/c1-15-8-9-16(2)18(12-15)14-28-20-13-19(10-11-21(20)29(23,26)27)24-22(25)17-6-4-3-5-7-17/h8-13,17H,3-7,14H2,1-2H3,(H,24,25)(H2,23,26,27). The fraction of sp³-hybridized carbons (Fsp3) is 0.409. The number of primary sulfonamides is 1. The van der Waals surface area contributed by atoms with Crippen molar-refractivity contribution in [2.45, 2.75) is 57.5 Å². The van der Waals surface area contributed by atoms with E-state index in [-0.39, 0.29) is 29.1 Å². The van der Waals surface area contributed by atoms with Crippen LogP contribution in [0.1, 0.15) is 48.8 Å².